The van der Waals surface area contributed by atoms with Gasteiger partial charge < -0.3 is 5.32 Å². The number of nitrogens with one attached hydrogen (secondary N) is 1. The van der Waals surface area contributed by atoms with Gasteiger partial charge in [0.15, 0.2) is 0 Å². The van der Waals surface area contributed by atoms with E-state index in [1.807, 2.05) is 18.2 Å². The van der Waals surface area contributed by atoms with Crippen LogP contribution in [0.5, 0.6) is 0 Å². The van der Waals surface area contributed by atoms with Crippen LogP contribution >= 0.6 is 11.6 Å². The highest BCUT2D eigenvalue weighted by Crippen LogP contribution is 2.23. The number of nitrogens with zero attached hydrogens (tertiary/aromatic N) is 2. The van der Waals surface area contributed by atoms with Gasteiger partial charge in [-0.05, 0) is 49.2 Å². The number of carbonyl (C=O) groups is 1. The topological polar surface area (TPSA) is 75.5 Å². The maximum absolute atomic E-state index is 12.5. The van der Waals surface area contributed by atoms with Crippen LogP contribution in [0, 0.1) is 10.1 Å². The second-order valence-corrected chi connectivity index (χ2v) is 6.79. The molecule has 0 bridgehead atoms. The molecule has 2 aromatic rings. The van der Waals surface area contributed by atoms with Gasteiger partial charge in [0.05, 0.1) is 4.92 Å². The maximum Gasteiger partial charge on any atom is 0.282 e. The molecule has 1 aliphatic rings. The van der Waals surface area contributed by atoms with Crippen LogP contribution in [0.2, 0.25) is 5.02 Å². The van der Waals surface area contributed by atoms with E-state index in [0.29, 0.717) is 6.54 Å². The van der Waals surface area contributed by atoms with Crippen LogP contribution in [0.1, 0.15) is 34.3 Å². The zero-order valence-corrected chi connectivity index (χ0v) is 15.0. The van der Waals surface area contributed by atoms with E-state index in [1.165, 1.54) is 31.0 Å². The van der Waals surface area contributed by atoms with Gasteiger partial charge >= 0.3 is 0 Å². The second kappa shape index (κ2) is 8.29. The molecular weight excluding hydrogens is 354 g/mol. The van der Waals surface area contributed by atoms with E-state index in [9.17, 15) is 14.9 Å². The van der Waals surface area contributed by atoms with E-state index < -0.39 is 10.8 Å². The maximum atomic E-state index is 12.5. The standard InChI is InChI=1S/C19H20ClN3O3/c20-16-7-8-18(23(25)26)17(11-16)19(24)21-12-14-5-1-2-6-15(14)13-22-9-3-4-10-22/h1-2,5-8,11H,3-4,9-10,12-13H2,(H,21,24). The van der Waals surface area contributed by atoms with E-state index >= 15 is 0 Å². The van der Waals surface area contributed by atoms with Crippen molar-refractivity contribution in [3.8, 4) is 0 Å². The molecule has 0 aliphatic carbocycles. The van der Waals surface area contributed by atoms with Gasteiger partial charge in [-0.1, -0.05) is 35.9 Å². The predicted octanol–water partition coefficient (Wildman–Crippen LogP) is 3.77. The first kappa shape index (κ1) is 18.4. The van der Waals surface area contributed by atoms with E-state index in [0.717, 1.165) is 30.8 Å². The molecule has 2 aromatic carbocycles. The average Bonchev–Trinajstić information content (AvgIpc) is 3.13. The van der Waals surface area contributed by atoms with Gasteiger partial charge in [-0.15, -0.1) is 0 Å². The van der Waals surface area contributed by atoms with E-state index in [4.69, 9.17) is 11.6 Å². The molecule has 0 atom stereocenters. The van der Waals surface area contributed by atoms with Crippen molar-refractivity contribution in [3.63, 3.8) is 0 Å². The molecule has 0 unspecified atom stereocenters. The zero-order valence-electron chi connectivity index (χ0n) is 14.3. The van der Waals surface area contributed by atoms with Crippen LogP contribution in [0.15, 0.2) is 42.5 Å². The Bertz CT molecular complexity index is 819. The third kappa shape index (κ3) is 4.39. The molecule has 0 saturated carbocycles. The minimum atomic E-state index is -0.577. The number of nitro benzene ring substituents is 1. The highest BCUT2D eigenvalue weighted by Gasteiger charge is 2.21. The van der Waals surface area contributed by atoms with E-state index in [-0.39, 0.29) is 16.3 Å². The van der Waals surface area contributed by atoms with Gasteiger partial charge in [0.25, 0.3) is 11.6 Å². The predicted molar refractivity (Wildman–Crippen MR) is 100 cm³/mol. The highest BCUT2D eigenvalue weighted by atomic mass is 35.5. The Morgan fingerprint density at radius 2 is 1.85 bits per heavy atom. The third-order valence-corrected chi connectivity index (χ3v) is 4.79. The Balaban J connectivity index is 1.72. The number of nitro groups is 1. The van der Waals surface area contributed by atoms with Crippen molar-refractivity contribution in [2.45, 2.75) is 25.9 Å². The lowest BCUT2D eigenvalue weighted by Gasteiger charge is -2.17. The minimum absolute atomic E-state index is 0.0282. The molecule has 6 nitrogen and oxygen atoms in total. The van der Waals surface area contributed by atoms with E-state index in [1.54, 1.807) is 0 Å². The molecule has 7 heteroatoms. The molecule has 1 saturated heterocycles. The summed E-state index contributed by atoms with van der Waals surface area (Å²) in [6, 6.07) is 11.9. The average molecular weight is 374 g/mol. The Morgan fingerprint density at radius 1 is 1.15 bits per heavy atom. The molecule has 1 amide bonds. The Morgan fingerprint density at radius 3 is 2.54 bits per heavy atom. The van der Waals surface area contributed by atoms with Crippen LogP contribution in [0.4, 0.5) is 5.69 Å². The van der Waals surface area contributed by atoms with Crippen LogP contribution in [0.3, 0.4) is 0 Å². The van der Waals surface area contributed by atoms with Crippen LogP contribution in [-0.4, -0.2) is 28.8 Å². The molecular formula is C19H20ClN3O3. The molecule has 1 heterocycles. The summed E-state index contributed by atoms with van der Waals surface area (Å²) >= 11 is 5.89. The fraction of sp³-hybridized carbons (Fsp3) is 0.316. The van der Waals surface area contributed by atoms with Crippen LogP contribution < -0.4 is 5.32 Å². The summed E-state index contributed by atoms with van der Waals surface area (Å²) in [6.07, 6.45) is 2.44. The quantitative estimate of drug-likeness (QED) is 0.617. The number of rotatable bonds is 6. The Hall–Kier alpha value is -2.44. The summed E-state index contributed by atoms with van der Waals surface area (Å²) in [6.45, 7) is 3.35. The molecule has 3 rings (SSSR count). The van der Waals surface area contributed by atoms with E-state index in [2.05, 4.69) is 16.3 Å². The molecule has 1 fully saturated rings. The number of benzene rings is 2. The Kier molecular flexibility index (Phi) is 5.85. The molecule has 0 spiro atoms. The van der Waals surface area contributed by atoms with Gasteiger partial charge in [-0.2, -0.15) is 0 Å². The highest BCUT2D eigenvalue weighted by molar-refractivity contribution is 6.31. The summed E-state index contributed by atoms with van der Waals surface area (Å²) in [4.78, 5) is 25.4. The van der Waals surface area contributed by atoms with Crippen molar-refractivity contribution in [1.29, 1.82) is 0 Å². The van der Waals surface area contributed by atoms with Crippen molar-refractivity contribution in [2.75, 3.05) is 13.1 Å². The van der Waals surface area contributed by atoms with Crippen molar-refractivity contribution in [3.05, 3.63) is 74.3 Å². The van der Waals surface area contributed by atoms with Crippen molar-refractivity contribution in [2.24, 2.45) is 0 Å². The largest absolute Gasteiger partial charge is 0.348 e. The first-order valence-corrected chi connectivity index (χ1v) is 8.93. The van der Waals surface area contributed by atoms with Crippen molar-refractivity contribution < 1.29 is 9.72 Å². The zero-order chi connectivity index (χ0) is 18.5. The number of amides is 1. The van der Waals surface area contributed by atoms with Crippen LogP contribution in [0.25, 0.3) is 0 Å². The SMILES string of the molecule is O=C(NCc1ccccc1CN1CCCC1)c1cc(Cl)ccc1[N+](=O)[O-]. The van der Waals surface area contributed by atoms with Gasteiger partial charge in [0.1, 0.15) is 5.56 Å². The fourth-order valence-electron chi connectivity index (χ4n) is 3.19. The number of hydrogen-bond donors (Lipinski definition) is 1. The summed E-state index contributed by atoms with van der Waals surface area (Å²) < 4.78 is 0. The first-order valence-electron chi connectivity index (χ1n) is 8.56. The summed E-state index contributed by atoms with van der Waals surface area (Å²) in [5.74, 6) is -0.504. The van der Waals surface area contributed by atoms with Crippen molar-refractivity contribution >= 4 is 23.2 Å². The number of hydrogen-bond acceptors (Lipinski definition) is 4. The number of likely N-dealkylation sites (tertiary alicyclic amines) is 1. The number of carbonyl (C=O) groups excluding carboxylic acids is 1. The molecule has 1 N–H and O–H groups in total. The summed E-state index contributed by atoms with van der Waals surface area (Å²) in [5, 5.41) is 14.2. The van der Waals surface area contributed by atoms with Gasteiger partial charge in [-0.25, -0.2) is 0 Å². The third-order valence-electron chi connectivity index (χ3n) is 4.55. The first-order chi connectivity index (χ1) is 12.5. The Labute approximate surface area is 156 Å². The van der Waals surface area contributed by atoms with Gasteiger partial charge in [-0.3, -0.25) is 19.8 Å². The lowest BCUT2D eigenvalue weighted by Crippen LogP contribution is -2.25. The summed E-state index contributed by atoms with van der Waals surface area (Å²) in [7, 11) is 0. The molecule has 0 aromatic heterocycles. The second-order valence-electron chi connectivity index (χ2n) is 6.35. The smallest absolute Gasteiger partial charge is 0.282 e. The summed E-state index contributed by atoms with van der Waals surface area (Å²) in [5.41, 5.74) is 1.89. The monoisotopic (exact) mass is 373 g/mol. The molecule has 1 aliphatic heterocycles. The molecule has 0 radical (unpaired) electrons. The fourth-order valence-corrected chi connectivity index (χ4v) is 3.36. The lowest BCUT2D eigenvalue weighted by molar-refractivity contribution is -0.385. The normalized spacial score (nSPS) is 14.3. The molecule has 26 heavy (non-hydrogen) atoms. The van der Waals surface area contributed by atoms with Crippen molar-refractivity contribution in [1.82, 2.24) is 10.2 Å². The van der Waals surface area contributed by atoms with Crippen LogP contribution in [-0.2, 0) is 13.1 Å². The molecule has 136 valence electrons. The van der Waals surface area contributed by atoms with Gasteiger partial charge in [0, 0.05) is 24.2 Å². The van der Waals surface area contributed by atoms with Gasteiger partial charge in [0.2, 0.25) is 0 Å². The minimum Gasteiger partial charge on any atom is -0.348 e. The lowest BCUT2D eigenvalue weighted by atomic mass is 10.1. The number of halogens is 1.